The summed E-state index contributed by atoms with van der Waals surface area (Å²) in [5.74, 6) is -1.67. The molecule has 0 spiro atoms. The summed E-state index contributed by atoms with van der Waals surface area (Å²) in [6, 6.07) is 10.6. The van der Waals surface area contributed by atoms with Crippen LogP contribution in [0.4, 0.5) is 5.69 Å². The second-order valence-corrected chi connectivity index (χ2v) is 5.61. The molecular weight excluding hydrogens is 362 g/mol. The summed E-state index contributed by atoms with van der Waals surface area (Å²) in [5.41, 5.74) is 0.831. The van der Waals surface area contributed by atoms with Crippen molar-refractivity contribution in [1.29, 1.82) is 0 Å². The van der Waals surface area contributed by atoms with Gasteiger partial charge in [0.25, 0.3) is 0 Å². The highest BCUT2D eigenvalue weighted by Crippen LogP contribution is 2.32. The van der Waals surface area contributed by atoms with Gasteiger partial charge in [-0.1, -0.05) is 0 Å². The van der Waals surface area contributed by atoms with Gasteiger partial charge in [-0.15, -0.1) is 0 Å². The molecule has 3 aromatic rings. The molecule has 1 aromatic carbocycles. The number of pyridine rings is 2. The Hall–Kier alpha value is -4.07. The predicted molar refractivity (Wildman–Crippen MR) is 99.1 cm³/mol. The van der Waals surface area contributed by atoms with E-state index in [2.05, 4.69) is 15.3 Å². The van der Waals surface area contributed by atoms with Crippen LogP contribution in [-0.4, -0.2) is 27.8 Å². The van der Waals surface area contributed by atoms with Gasteiger partial charge in [0.2, 0.25) is 5.91 Å². The van der Waals surface area contributed by atoms with E-state index in [-0.39, 0.29) is 28.5 Å². The summed E-state index contributed by atoms with van der Waals surface area (Å²) >= 11 is 0. The van der Waals surface area contributed by atoms with Crippen molar-refractivity contribution in [2.45, 2.75) is 6.92 Å². The fourth-order valence-electron chi connectivity index (χ4n) is 2.24. The average Bonchev–Trinajstić information content (AvgIpc) is 2.70. The van der Waals surface area contributed by atoms with Gasteiger partial charge in [-0.25, -0.2) is 9.59 Å². The third-order valence-electron chi connectivity index (χ3n) is 3.46. The molecule has 140 valence electrons. The molecule has 28 heavy (non-hydrogen) atoms. The van der Waals surface area contributed by atoms with E-state index >= 15 is 0 Å². The maximum atomic E-state index is 12.4. The van der Waals surface area contributed by atoms with Gasteiger partial charge in [-0.2, -0.15) is 0 Å². The van der Waals surface area contributed by atoms with Gasteiger partial charge < -0.3 is 14.8 Å². The predicted octanol–water partition coefficient (Wildman–Crippen LogP) is 2.87. The van der Waals surface area contributed by atoms with E-state index in [1.54, 1.807) is 18.2 Å². The van der Waals surface area contributed by atoms with E-state index in [9.17, 15) is 14.4 Å². The molecule has 0 aliphatic rings. The van der Waals surface area contributed by atoms with Crippen molar-refractivity contribution in [2.75, 3.05) is 5.32 Å². The zero-order valence-corrected chi connectivity index (χ0v) is 14.8. The minimum atomic E-state index is -0.688. The molecule has 0 atom stereocenters. The summed E-state index contributed by atoms with van der Waals surface area (Å²) < 4.78 is 10.7. The van der Waals surface area contributed by atoms with Crippen molar-refractivity contribution in [3.63, 3.8) is 0 Å². The van der Waals surface area contributed by atoms with Gasteiger partial charge in [0.05, 0.1) is 11.1 Å². The molecule has 1 N–H and O–H groups in total. The number of aromatic nitrogens is 2. The van der Waals surface area contributed by atoms with Crippen molar-refractivity contribution in [3.8, 4) is 11.5 Å². The van der Waals surface area contributed by atoms with E-state index in [1.165, 1.54) is 56.0 Å². The summed E-state index contributed by atoms with van der Waals surface area (Å²) in [6.45, 7) is 1.34. The lowest BCUT2D eigenvalue weighted by Crippen LogP contribution is -2.13. The quantitative estimate of drug-likeness (QED) is 0.538. The van der Waals surface area contributed by atoms with Crippen molar-refractivity contribution in [1.82, 2.24) is 9.97 Å². The second kappa shape index (κ2) is 8.54. The molecular formula is C20H15N3O5. The Morgan fingerprint density at radius 1 is 0.821 bits per heavy atom. The number of hydrogen-bond donors (Lipinski definition) is 1. The van der Waals surface area contributed by atoms with Gasteiger partial charge >= 0.3 is 11.9 Å². The van der Waals surface area contributed by atoms with Crippen LogP contribution in [0, 0.1) is 0 Å². The zero-order valence-electron chi connectivity index (χ0n) is 14.8. The minimum Gasteiger partial charge on any atom is -0.419 e. The van der Waals surface area contributed by atoms with Crippen molar-refractivity contribution in [2.24, 2.45) is 0 Å². The minimum absolute atomic E-state index is 0.0141. The first kappa shape index (κ1) is 18.7. The molecule has 0 unspecified atom stereocenters. The third kappa shape index (κ3) is 4.76. The molecule has 2 aromatic heterocycles. The number of carbonyl (C=O) groups excluding carboxylic acids is 3. The first-order valence-electron chi connectivity index (χ1n) is 8.19. The van der Waals surface area contributed by atoms with Crippen LogP contribution in [0.25, 0.3) is 0 Å². The van der Waals surface area contributed by atoms with Crippen LogP contribution in [0.2, 0.25) is 0 Å². The maximum absolute atomic E-state index is 12.4. The van der Waals surface area contributed by atoms with E-state index < -0.39 is 11.9 Å². The molecule has 2 heterocycles. The molecule has 3 rings (SSSR count). The monoisotopic (exact) mass is 377 g/mol. The van der Waals surface area contributed by atoms with Gasteiger partial charge in [0.1, 0.15) is 0 Å². The SMILES string of the molecule is CC(=O)Nc1ccc(OC(=O)c2cccnc2)c(OC(=O)c2cccnc2)c1. The molecule has 1 amide bonds. The van der Waals surface area contributed by atoms with Crippen LogP contribution < -0.4 is 14.8 Å². The first-order valence-corrected chi connectivity index (χ1v) is 8.19. The van der Waals surface area contributed by atoms with Crippen molar-refractivity contribution < 1.29 is 23.9 Å². The van der Waals surface area contributed by atoms with Crippen LogP contribution in [0.3, 0.4) is 0 Å². The van der Waals surface area contributed by atoms with Crippen LogP contribution in [0.5, 0.6) is 11.5 Å². The van der Waals surface area contributed by atoms with Crippen molar-refractivity contribution in [3.05, 3.63) is 78.4 Å². The Balaban J connectivity index is 1.89. The molecule has 8 nitrogen and oxygen atoms in total. The molecule has 0 bridgehead atoms. The van der Waals surface area contributed by atoms with Gasteiger partial charge in [0, 0.05) is 43.5 Å². The van der Waals surface area contributed by atoms with Gasteiger partial charge in [-0.05, 0) is 36.4 Å². The molecule has 0 radical (unpaired) electrons. The molecule has 0 saturated carbocycles. The molecule has 0 aliphatic heterocycles. The molecule has 0 aliphatic carbocycles. The second-order valence-electron chi connectivity index (χ2n) is 5.61. The van der Waals surface area contributed by atoms with E-state index in [4.69, 9.17) is 9.47 Å². The number of anilines is 1. The number of hydrogen-bond acceptors (Lipinski definition) is 7. The summed E-state index contributed by atoms with van der Waals surface area (Å²) in [5, 5.41) is 2.58. The van der Waals surface area contributed by atoms with E-state index in [0.29, 0.717) is 5.69 Å². The highest BCUT2D eigenvalue weighted by molar-refractivity contribution is 5.94. The number of nitrogens with one attached hydrogen (secondary N) is 1. The topological polar surface area (TPSA) is 107 Å². The maximum Gasteiger partial charge on any atom is 0.345 e. The van der Waals surface area contributed by atoms with Crippen LogP contribution in [-0.2, 0) is 4.79 Å². The average molecular weight is 377 g/mol. The molecule has 8 heteroatoms. The zero-order chi connectivity index (χ0) is 19.9. The normalized spacial score (nSPS) is 10.0. The third-order valence-corrected chi connectivity index (χ3v) is 3.46. The Bertz CT molecular complexity index is 1010. The Morgan fingerprint density at radius 3 is 1.89 bits per heavy atom. The van der Waals surface area contributed by atoms with E-state index in [1.807, 2.05) is 0 Å². The van der Waals surface area contributed by atoms with E-state index in [0.717, 1.165) is 0 Å². The highest BCUT2D eigenvalue weighted by atomic mass is 16.6. The number of rotatable bonds is 5. The number of carbonyl (C=O) groups is 3. The lowest BCUT2D eigenvalue weighted by molar-refractivity contribution is -0.114. The summed E-state index contributed by atoms with van der Waals surface area (Å²) in [6.07, 6.45) is 5.76. The summed E-state index contributed by atoms with van der Waals surface area (Å²) in [4.78, 5) is 43.7. The lowest BCUT2D eigenvalue weighted by Gasteiger charge is -2.12. The fraction of sp³-hybridized carbons (Fsp3) is 0.0500. The standard InChI is InChI=1S/C20H15N3O5/c1-13(24)23-16-6-7-17(27-19(25)14-4-2-8-21-11-14)18(10-16)28-20(26)15-5-3-9-22-12-15/h2-12H,1H3,(H,23,24). The Labute approximate surface area is 160 Å². The largest absolute Gasteiger partial charge is 0.419 e. The number of esters is 2. The number of ether oxygens (including phenoxy) is 2. The molecule has 0 saturated heterocycles. The fourth-order valence-corrected chi connectivity index (χ4v) is 2.24. The van der Waals surface area contributed by atoms with Gasteiger partial charge in [-0.3, -0.25) is 14.8 Å². The van der Waals surface area contributed by atoms with Crippen LogP contribution in [0.15, 0.2) is 67.3 Å². The lowest BCUT2D eigenvalue weighted by atomic mass is 10.2. The number of amides is 1. The highest BCUT2D eigenvalue weighted by Gasteiger charge is 2.17. The first-order chi connectivity index (χ1) is 13.5. The smallest absolute Gasteiger partial charge is 0.345 e. The van der Waals surface area contributed by atoms with Crippen molar-refractivity contribution >= 4 is 23.5 Å². The molecule has 0 fully saturated rings. The number of nitrogens with zero attached hydrogens (tertiary/aromatic N) is 2. The van der Waals surface area contributed by atoms with Crippen LogP contribution >= 0.6 is 0 Å². The Morgan fingerprint density at radius 2 is 1.39 bits per heavy atom. The van der Waals surface area contributed by atoms with Gasteiger partial charge in [0.15, 0.2) is 11.5 Å². The Kier molecular flexibility index (Phi) is 5.71. The summed E-state index contributed by atoms with van der Waals surface area (Å²) in [7, 11) is 0. The van der Waals surface area contributed by atoms with Crippen LogP contribution in [0.1, 0.15) is 27.6 Å². The number of benzene rings is 1.